The number of carbonyl (C=O) groups excluding carboxylic acids is 1. The molecule has 0 amide bonds. The lowest BCUT2D eigenvalue weighted by molar-refractivity contribution is -0.384. The van der Waals surface area contributed by atoms with Crippen LogP contribution >= 0.6 is 0 Å². The van der Waals surface area contributed by atoms with E-state index in [-0.39, 0.29) is 17.1 Å². The maximum atomic E-state index is 11.5. The Morgan fingerprint density at radius 3 is 2.88 bits per heavy atom. The Morgan fingerprint density at radius 1 is 1.40 bits per heavy atom. The van der Waals surface area contributed by atoms with Crippen LogP contribution in [0.15, 0.2) is 36.5 Å². The molecule has 1 aromatic carbocycles. The molecule has 1 N–H and O–H groups in total. The van der Waals surface area contributed by atoms with E-state index in [0.29, 0.717) is 12.5 Å². The number of benzene rings is 1. The molecule has 1 aromatic heterocycles. The first-order valence-electron chi connectivity index (χ1n) is 8.12. The number of fused-ring (bicyclic) bond motifs is 1. The zero-order chi connectivity index (χ0) is 17.8. The van der Waals surface area contributed by atoms with E-state index >= 15 is 0 Å². The van der Waals surface area contributed by atoms with Gasteiger partial charge in [-0.15, -0.1) is 0 Å². The second-order valence-electron chi connectivity index (χ2n) is 6.10. The summed E-state index contributed by atoms with van der Waals surface area (Å²) in [7, 11) is 1.22. The fourth-order valence-corrected chi connectivity index (χ4v) is 3.15. The van der Waals surface area contributed by atoms with Crippen LogP contribution in [0.1, 0.15) is 27.9 Å². The van der Waals surface area contributed by atoms with Crippen LogP contribution in [0.5, 0.6) is 0 Å². The van der Waals surface area contributed by atoms with Crippen molar-refractivity contribution in [2.24, 2.45) is 5.92 Å². The van der Waals surface area contributed by atoms with Crippen molar-refractivity contribution in [2.75, 3.05) is 19.0 Å². The number of nitrogens with one attached hydrogen (secondary N) is 1. The lowest BCUT2D eigenvalue weighted by atomic mass is 9.84. The van der Waals surface area contributed by atoms with Crippen LogP contribution in [0, 0.1) is 16.0 Å². The number of methoxy groups -OCH3 is 1. The van der Waals surface area contributed by atoms with Crippen molar-refractivity contribution >= 4 is 17.5 Å². The van der Waals surface area contributed by atoms with Gasteiger partial charge < -0.3 is 10.1 Å². The van der Waals surface area contributed by atoms with Crippen molar-refractivity contribution in [1.82, 2.24) is 4.98 Å². The summed E-state index contributed by atoms with van der Waals surface area (Å²) in [5.74, 6) is -0.0841. The molecule has 25 heavy (non-hydrogen) atoms. The van der Waals surface area contributed by atoms with Crippen LogP contribution in [0.4, 0.5) is 11.5 Å². The van der Waals surface area contributed by atoms with Gasteiger partial charge in [0.15, 0.2) is 0 Å². The van der Waals surface area contributed by atoms with Gasteiger partial charge in [0.25, 0.3) is 0 Å². The SMILES string of the molecule is COC(=O)c1cnc(NCC2CCc3ccccc3C2)c([N+](=O)[O-])c1. The smallest absolute Gasteiger partial charge is 0.339 e. The molecule has 0 bridgehead atoms. The van der Waals surface area contributed by atoms with Gasteiger partial charge >= 0.3 is 11.7 Å². The molecule has 0 saturated carbocycles. The van der Waals surface area contributed by atoms with E-state index in [2.05, 4.69) is 27.2 Å². The summed E-state index contributed by atoms with van der Waals surface area (Å²) < 4.78 is 4.58. The average molecular weight is 341 g/mol. The van der Waals surface area contributed by atoms with E-state index in [1.165, 1.54) is 30.5 Å². The number of rotatable bonds is 5. The molecule has 7 nitrogen and oxygen atoms in total. The lowest BCUT2D eigenvalue weighted by Gasteiger charge is -2.24. The number of esters is 1. The predicted octanol–water partition coefficient (Wildman–Crippen LogP) is 2.99. The van der Waals surface area contributed by atoms with Crippen LogP contribution in [0.2, 0.25) is 0 Å². The Kier molecular flexibility index (Phi) is 4.92. The summed E-state index contributed by atoms with van der Waals surface area (Å²) in [6.07, 6.45) is 4.27. The third kappa shape index (κ3) is 3.76. The van der Waals surface area contributed by atoms with Gasteiger partial charge in [-0.05, 0) is 36.3 Å². The highest BCUT2D eigenvalue weighted by atomic mass is 16.6. The Bertz CT molecular complexity index is 807. The lowest BCUT2D eigenvalue weighted by Crippen LogP contribution is -2.22. The molecule has 0 fully saturated rings. The second kappa shape index (κ2) is 7.29. The topological polar surface area (TPSA) is 94.4 Å². The maximum absolute atomic E-state index is 11.5. The molecule has 1 aliphatic rings. The van der Waals surface area contributed by atoms with Crippen molar-refractivity contribution in [3.63, 3.8) is 0 Å². The highest BCUT2D eigenvalue weighted by Crippen LogP contribution is 2.27. The number of carbonyl (C=O) groups is 1. The number of hydrogen-bond donors (Lipinski definition) is 1. The maximum Gasteiger partial charge on any atom is 0.339 e. The van der Waals surface area contributed by atoms with Crippen LogP contribution in [0.25, 0.3) is 0 Å². The summed E-state index contributed by atoms with van der Waals surface area (Å²) in [6, 6.07) is 9.56. The quantitative estimate of drug-likeness (QED) is 0.510. The van der Waals surface area contributed by atoms with Crippen LogP contribution < -0.4 is 5.32 Å². The number of nitrogens with zero attached hydrogens (tertiary/aromatic N) is 2. The van der Waals surface area contributed by atoms with Gasteiger partial charge in [0, 0.05) is 18.8 Å². The molecular formula is C18H19N3O4. The van der Waals surface area contributed by atoms with Crippen LogP contribution in [-0.4, -0.2) is 29.5 Å². The Morgan fingerprint density at radius 2 is 2.16 bits per heavy atom. The first-order chi connectivity index (χ1) is 12.1. The van der Waals surface area contributed by atoms with Gasteiger partial charge in [0.1, 0.15) is 0 Å². The molecule has 0 spiro atoms. The third-order valence-corrected chi connectivity index (χ3v) is 4.49. The Hall–Kier alpha value is -2.96. The van der Waals surface area contributed by atoms with Gasteiger partial charge in [-0.2, -0.15) is 0 Å². The van der Waals surface area contributed by atoms with E-state index < -0.39 is 10.9 Å². The average Bonchev–Trinajstić information content (AvgIpc) is 2.65. The van der Waals surface area contributed by atoms with Crippen molar-refractivity contribution in [1.29, 1.82) is 0 Å². The Balaban J connectivity index is 1.71. The summed E-state index contributed by atoms with van der Waals surface area (Å²) in [6.45, 7) is 0.597. The molecule has 7 heteroatoms. The predicted molar refractivity (Wildman–Crippen MR) is 92.7 cm³/mol. The molecule has 1 aliphatic carbocycles. The fourth-order valence-electron chi connectivity index (χ4n) is 3.15. The van der Waals surface area contributed by atoms with Crippen molar-refractivity contribution < 1.29 is 14.5 Å². The normalized spacial score (nSPS) is 16.0. The van der Waals surface area contributed by atoms with Crippen LogP contribution in [-0.2, 0) is 17.6 Å². The number of hydrogen-bond acceptors (Lipinski definition) is 6. The summed E-state index contributed by atoms with van der Waals surface area (Å²) in [5.41, 5.74) is 2.56. The molecule has 130 valence electrons. The van der Waals surface area contributed by atoms with E-state index in [1.54, 1.807) is 0 Å². The van der Waals surface area contributed by atoms with E-state index in [1.807, 2.05) is 12.1 Å². The molecule has 1 heterocycles. The highest BCUT2D eigenvalue weighted by molar-refractivity contribution is 5.90. The zero-order valence-corrected chi connectivity index (χ0v) is 13.9. The number of anilines is 1. The van der Waals surface area contributed by atoms with Crippen molar-refractivity contribution in [3.8, 4) is 0 Å². The number of aromatic nitrogens is 1. The first-order valence-corrected chi connectivity index (χ1v) is 8.12. The minimum atomic E-state index is -0.647. The first kappa shape index (κ1) is 16.9. The zero-order valence-electron chi connectivity index (χ0n) is 13.9. The summed E-state index contributed by atoms with van der Waals surface area (Å²) >= 11 is 0. The summed E-state index contributed by atoms with van der Waals surface area (Å²) in [5, 5.41) is 14.3. The van der Waals surface area contributed by atoms with Crippen LogP contribution in [0.3, 0.4) is 0 Å². The number of pyridine rings is 1. The number of nitro groups is 1. The van der Waals surface area contributed by atoms with Gasteiger partial charge in [0.05, 0.1) is 17.6 Å². The number of aryl methyl sites for hydroxylation is 1. The molecule has 0 aliphatic heterocycles. The third-order valence-electron chi connectivity index (χ3n) is 4.49. The standard InChI is InChI=1S/C18H19N3O4/c1-25-18(22)15-9-16(21(23)24)17(20-11-15)19-10-12-6-7-13-4-2-3-5-14(13)8-12/h2-5,9,11-12H,6-8,10H2,1H3,(H,19,20). The molecule has 1 unspecified atom stereocenters. The van der Waals surface area contributed by atoms with Crippen molar-refractivity contribution in [3.05, 3.63) is 63.3 Å². The molecule has 0 saturated heterocycles. The number of ether oxygens (including phenoxy) is 1. The minimum absolute atomic E-state index is 0.0614. The highest BCUT2D eigenvalue weighted by Gasteiger charge is 2.22. The molecule has 1 atom stereocenters. The van der Waals surface area contributed by atoms with Gasteiger partial charge in [-0.3, -0.25) is 10.1 Å². The fraction of sp³-hybridized carbons (Fsp3) is 0.333. The molecule has 3 rings (SSSR count). The van der Waals surface area contributed by atoms with Gasteiger partial charge in [0.2, 0.25) is 5.82 Å². The molecule has 2 aromatic rings. The second-order valence-corrected chi connectivity index (χ2v) is 6.10. The Labute approximate surface area is 145 Å². The summed E-state index contributed by atoms with van der Waals surface area (Å²) in [4.78, 5) is 26.3. The molecular weight excluding hydrogens is 322 g/mol. The van der Waals surface area contributed by atoms with E-state index in [4.69, 9.17) is 0 Å². The minimum Gasteiger partial charge on any atom is -0.465 e. The molecule has 0 radical (unpaired) electrons. The van der Waals surface area contributed by atoms with E-state index in [9.17, 15) is 14.9 Å². The largest absolute Gasteiger partial charge is 0.465 e. The van der Waals surface area contributed by atoms with Gasteiger partial charge in [-0.25, -0.2) is 9.78 Å². The monoisotopic (exact) mass is 341 g/mol. The van der Waals surface area contributed by atoms with Crippen molar-refractivity contribution in [2.45, 2.75) is 19.3 Å². The van der Waals surface area contributed by atoms with E-state index in [0.717, 1.165) is 19.3 Å². The van der Waals surface area contributed by atoms with Gasteiger partial charge in [-0.1, -0.05) is 24.3 Å².